The van der Waals surface area contributed by atoms with Gasteiger partial charge >= 0.3 is 8.60 Å². The number of hydrogen-bond donors (Lipinski definition) is 3. The van der Waals surface area contributed by atoms with Gasteiger partial charge in [0.15, 0.2) is 5.82 Å². The predicted molar refractivity (Wildman–Crippen MR) is 185 cm³/mol. The van der Waals surface area contributed by atoms with Gasteiger partial charge in [-0.1, -0.05) is 67.6 Å². The van der Waals surface area contributed by atoms with E-state index in [0.29, 0.717) is 60.1 Å². The molecular formula is C35H44FN6O4P. The molecular weight excluding hydrogens is 618 g/mol. The number of nitrogens with zero attached hydrogens (tertiary/aromatic N) is 3. The molecule has 0 spiro atoms. The van der Waals surface area contributed by atoms with Gasteiger partial charge in [0, 0.05) is 35.7 Å². The molecule has 3 aromatic carbocycles. The predicted octanol–water partition coefficient (Wildman–Crippen LogP) is 7.67. The van der Waals surface area contributed by atoms with Gasteiger partial charge in [-0.2, -0.15) is 0 Å². The van der Waals surface area contributed by atoms with Crippen molar-refractivity contribution in [2.45, 2.75) is 58.5 Å². The fourth-order valence-electron chi connectivity index (χ4n) is 4.89. The Morgan fingerprint density at radius 3 is 2.09 bits per heavy atom. The second-order valence-electron chi connectivity index (χ2n) is 11.1. The summed E-state index contributed by atoms with van der Waals surface area (Å²) in [6.45, 7) is 11.3. The Kier molecular flexibility index (Phi) is 13.9. The SMILES string of the molecule is C=Nc1cc(-c2cnc(C(C)(C)OP(OCc3ccccc3)OCc3ccccc3)nc2)c(F)c(C2CCCO2)c1NCN.CCN. The fourth-order valence-corrected chi connectivity index (χ4v) is 6.04. The van der Waals surface area contributed by atoms with Gasteiger partial charge in [-0.3, -0.25) is 9.52 Å². The van der Waals surface area contributed by atoms with Crippen molar-refractivity contribution in [2.75, 3.05) is 25.1 Å². The monoisotopic (exact) mass is 662 g/mol. The molecule has 2 heterocycles. The van der Waals surface area contributed by atoms with Crippen molar-refractivity contribution in [2.24, 2.45) is 16.5 Å². The van der Waals surface area contributed by atoms with Crippen LogP contribution in [0.2, 0.25) is 0 Å². The lowest BCUT2D eigenvalue weighted by atomic mass is 9.96. The van der Waals surface area contributed by atoms with Crippen molar-refractivity contribution in [3.63, 3.8) is 0 Å². The topological polar surface area (TPSA) is 139 Å². The van der Waals surface area contributed by atoms with Crippen LogP contribution in [-0.2, 0) is 37.1 Å². The van der Waals surface area contributed by atoms with E-state index in [2.05, 4.69) is 27.0 Å². The summed E-state index contributed by atoms with van der Waals surface area (Å²) in [5.41, 5.74) is 13.7. The number of halogens is 1. The second kappa shape index (κ2) is 18.0. The summed E-state index contributed by atoms with van der Waals surface area (Å²) in [5, 5.41) is 3.03. The minimum absolute atomic E-state index is 0.112. The molecule has 0 saturated carbocycles. The third kappa shape index (κ3) is 9.92. The van der Waals surface area contributed by atoms with E-state index in [0.717, 1.165) is 24.1 Å². The van der Waals surface area contributed by atoms with Crippen LogP contribution in [-0.4, -0.2) is 36.5 Å². The van der Waals surface area contributed by atoms with Crippen molar-refractivity contribution in [1.82, 2.24) is 9.97 Å². The Labute approximate surface area is 277 Å². The number of aromatic nitrogens is 2. The van der Waals surface area contributed by atoms with Crippen LogP contribution in [0, 0.1) is 5.82 Å². The second-order valence-corrected chi connectivity index (χ2v) is 12.3. The maximum atomic E-state index is 16.1. The highest BCUT2D eigenvalue weighted by Gasteiger charge is 2.32. The van der Waals surface area contributed by atoms with Crippen LogP contribution in [0.3, 0.4) is 0 Å². The first-order chi connectivity index (χ1) is 22.8. The lowest BCUT2D eigenvalue weighted by Crippen LogP contribution is -2.23. The molecule has 0 amide bonds. The number of rotatable bonds is 14. The molecule has 1 fully saturated rings. The molecule has 0 radical (unpaired) electrons. The van der Waals surface area contributed by atoms with Crippen molar-refractivity contribution < 1.29 is 22.7 Å². The van der Waals surface area contributed by atoms with Gasteiger partial charge in [-0.05, 0) is 57.1 Å². The maximum absolute atomic E-state index is 16.1. The largest absolute Gasteiger partial charge is 0.373 e. The number of nitrogens with one attached hydrogen (secondary N) is 1. The van der Waals surface area contributed by atoms with E-state index in [4.69, 9.17) is 29.8 Å². The standard InChI is InChI=1S/C33H37FN5O4P.C2H7N/c1-33(2,43-44(41-20-23-11-6-4-7-12-23)42-21-24-13-8-5-9-14-24)32-37-18-25(19-38-32)26-17-27(36-3)31(39-22-35)29(30(26)34)28-15-10-16-40-28;1-2-3/h4-9,11-14,17-19,28,39H,3,10,15-16,20-22,35H2,1-2H3;2-3H2,1H3. The minimum atomic E-state index is -1.79. The molecule has 47 heavy (non-hydrogen) atoms. The number of anilines is 1. The molecule has 5 rings (SSSR count). The fraction of sp³-hybridized carbons (Fsp3) is 0.343. The van der Waals surface area contributed by atoms with E-state index in [9.17, 15) is 0 Å². The van der Waals surface area contributed by atoms with Crippen molar-refractivity contribution in [3.8, 4) is 11.1 Å². The quantitative estimate of drug-likeness (QED) is 0.0705. The van der Waals surface area contributed by atoms with E-state index in [1.54, 1.807) is 18.5 Å². The number of nitrogens with two attached hydrogens (primary N) is 2. The van der Waals surface area contributed by atoms with E-state index in [-0.39, 0.29) is 6.67 Å². The first-order valence-electron chi connectivity index (χ1n) is 15.6. The Morgan fingerprint density at radius 1 is 1.02 bits per heavy atom. The summed E-state index contributed by atoms with van der Waals surface area (Å²) in [6, 6.07) is 21.3. The highest BCUT2D eigenvalue weighted by molar-refractivity contribution is 7.41. The van der Waals surface area contributed by atoms with Crippen LogP contribution in [0.15, 0.2) is 84.1 Å². The Morgan fingerprint density at radius 2 is 1.60 bits per heavy atom. The molecule has 1 aromatic heterocycles. The molecule has 4 aromatic rings. The third-order valence-electron chi connectivity index (χ3n) is 7.14. The Hall–Kier alpha value is -3.67. The number of ether oxygens (including phenoxy) is 1. The van der Waals surface area contributed by atoms with Gasteiger partial charge < -0.3 is 30.6 Å². The summed E-state index contributed by atoms with van der Waals surface area (Å²) in [7, 11) is -1.79. The number of hydrogen-bond acceptors (Lipinski definition) is 10. The molecule has 1 unspecified atom stereocenters. The molecule has 1 aliphatic heterocycles. The number of aliphatic imine (C=N–C) groups is 1. The van der Waals surface area contributed by atoms with Crippen LogP contribution >= 0.6 is 8.60 Å². The van der Waals surface area contributed by atoms with Crippen LogP contribution in [0.25, 0.3) is 11.1 Å². The minimum Gasteiger partial charge on any atom is -0.373 e. The number of benzene rings is 3. The van der Waals surface area contributed by atoms with Gasteiger partial charge in [-0.15, -0.1) is 0 Å². The summed E-state index contributed by atoms with van der Waals surface area (Å²) < 4.78 is 40.6. The summed E-state index contributed by atoms with van der Waals surface area (Å²) in [6.07, 6.45) is 4.27. The molecule has 5 N–H and O–H groups in total. The van der Waals surface area contributed by atoms with Crippen LogP contribution in [0.4, 0.5) is 15.8 Å². The average molecular weight is 663 g/mol. The molecule has 0 bridgehead atoms. The first-order valence-corrected chi connectivity index (χ1v) is 16.6. The summed E-state index contributed by atoms with van der Waals surface area (Å²) in [5.74, 6) is -0.0390. The van der Waals surface area contributed by atoms with Gasteiger partial charge in [0.25, 0.3) is 0 Å². The average Bonchev–Trinajstić information content (AvgIpc) is 3.62. The van der Waals surface area contributed by atoms with Gasteiger partial charge in [0.2, 0.25) is 0 Å². The summed E-state index contributed by atoms with van der Waals surface area (Å²) >= 11 is 0. The highest BCUT2D eigenvalue weighted by Crippen LogP contribution is 2.48. The molecule has 12 heteroatoms. The van der Waals surface area contributed by atoms with E-state index >= 15 is 4.39 Å². The van der Waals surface area contributed by atoms with Crippen molar-refractivity contribution in [1.29, 1.82) is 0 Å². The molecule has 250 valence electrons. The zero-order valence-electron chi connectivity index (χ0n) is 27.2. The van der Waals surface area contributed by atoms with Crippen LogP contribution in [0.5, 0.6) is 0 Å². The van der Waals surface area contributed by atoms with E-state index in [1.165, 1.54) is 0 Å². The third-order valence-corrected chi connectivity index (χ3v) is 8.43. The van der Waals surface area contributed by atoms with E-state index in [1.807, 2.05) is 81.4 Å². The van der Waals surface area contributed by atoms with Crippen molar-refractivity contribution >= 4 is 26.7 Å². The van der Waals surface area contributed by atoms with Gasteiger partial charge in [0.05, 0.1) is 37.4 Å². The first kappa shape index (κ1) is 36.2. The molecule has 1 aliphatic rings. The zero-order chi connectivity index (χ0) is 33.6. The zero-order valence-corrected chi connectivity index (χ0v) is 28.1. The highest BCUT2D eigenvalue weighted by atomic mass is 31.2. The van der Waals surface area contributed by atoms with Crippen molar-refractivity contribution in [3.05, 3.63) is 107 Å². The molecule has 1 atom stereocenters. The van der Waals surface area contributed by atoms with E-state index < -0.39 is 26.1 Å². The molecule has 10 nitrogen and oxygen atoms in total. The van der Waals surface area contributed by atoms with Crippen LogP contribution in [0.1, 0.15) is 62.2 Å². The normalized spacial score (nSPS) is 14.5. The molecule has 0 aliphatic carbocycles. The Bertz CT molecular complexity index is 1500. The molecule has 1 saturated heterocycles. The van der Waals surface area contributed by atoms with Gasteiger partial charge in [-0.25, -0.2) is 14.4 Å². The maximum Gasteiger partial charge on any atom is 0.334 e. The lowest BCUT2D eigenvalue weighted by molar-refractivity contribution is 0.0480. The van der Waals surface area contributed by atoms with Crippen LogP contribution < -0.4 is 16.8 Å². The Balaban J connectivity index is 0.00000160. The summed E-state index contributed by atoms with van der Waals surface area (Å²) in [4.78, 5) is 13.3. The lowest BCUT2D eigenvalue weighted by Gasteiger charge is -2.28. The van der Waals surface area contributed by atoms with Gasteiger partial charge in [0.1, 0.15) is 11.4 Å². The smallest absolute Gasteiger partial charge is 0.334 e.